The van der Waals surface area contributed by atoms with Gasteiger partial charge in [-0.25, -0.2) is 4.39 Å². The van der Waals surface area contributed by atoms with Crippen LogP contribution in [-0.4, -0.2) is 0 Å². The van der Waals surface area contributed by atoms with Crippen molar-refractivity contribution in [3.63, 3.8) is 0 Å². The van der Waals surface area contributed by atoms with Gasteiger partial charge in [-0.05, 0) is 30.3 Å². The maximum Gasteiger partial charge on any atom is 0.123 e. The number of benzene rings is 1. The summed E-state index contributed by atoms with van der Waals surface area (Å²) in [5.41, 5.74) is 0.798. The Kier molecular flexibility index (Phi) is 2.46. The molecule has 1 aromatic carbocycles. The molecule has 11 heavy (non-hydrogen) atoms. The van der Waals surface area contributed by atoms with E-state index in [4.69, 9.17) is 0 Å². The van der Waals surface area contributed by atoms with E-state index in [1.54, 1.807) is 12.1 Å². The average molecular weight is 146 g/mol. The number of hydrogen-bond donors (Lipinski definition) is 0. The van der Waals surface area contributed by atoms with E-state index in [0.717, 1.165) is 5.56 Å². The van der Waals surface area contributed by atoms with Gasteiger partial charge >= 0.3 is 0 Å². The molecule has 0 aliphatic rings. The van der Waals surface area contributed by atoms with Gasteiger partial charge in [0.15, 0.2) is 0 Å². The number of halogens is 1. The van der Waals surface area contributed by atoms with Crippen molar-refractivity contribution in [2.45, 2.75) is 0 Å². The van der Waals surface area contributed by atoms with Crippen molar-refractivity contribution >= 4 is 0 Å². The zero-order valence-electron chi connectivity index (χ0n) is 5.97. The molecule has 0 atom stereocenters. The number of allylic oxidation sites excluding steroid dienone is 1. The number of rotatable bonds is 0. The lowest BCUT2D eigenvalue weighted by molar-refractivity contribution is 0.627. The molecule has 1 aromatic rings. The van der Waals surface area contributed by atoms with Gasteiger partial charge in [0.2, 0.25) is 0 Å². The van der Waals surface area contributed by atoms with E-state index >= 15 is 0 Å². The Labute approximate surface area is 65.4 Å². The summed E-state index contributed by atoms with van der Waals surface area (Å²) in [5, 5.41) is 0. The standard InChI is InChI=1S/C10H7F/c1-2-3-4-9-5-7-10(11)8-6-9/h2,5-8H,1H2. The van der Waals surface area contributed by atoms with Crippen LogP contribution in [0.1, 0.15) is 5.56 Å². The molecule has 0 aromatic heterocycles. The fourth-order valence-electron chi connectivity index (χ4n) is 0.668. The van der Waals surface area contributed by atoms with Crippen molar-refractivity contribution in [2.24, 2.45) is 0 Å². The zero-order chi connectivity index (χ0) is 8.10. The summed E-state index contributed by atoms with van der Waals surface area (Å²) >= 11 is 0. The Hall–Kier alpha value is -1.55. The average Bonchev–Trinajstić information content (AvgIpc) is 2.04. The van der Waals surface area contributed by atoms with Crippen LogP contribution in [0.4, 0.5) is 4.39 Å². The van der Waals surface area contributed by atoms with Crippen LogP contribution in [0, 0.1) is 17.7 Å². The van der Waals surface area contributed by atoms with E-state index < -0.39 is 0 Å². The van der Waals surface area contributed by atoms with E-state index in [0.29, 0.717) is 0 Å². The molecule has 0 radical (unpaired) electrons. The van der Waals surface area contributed by atoms with E-state index in [-0.39, 0.29) is 5.82 Å². The van der Waals surface area contributed by atoms with Gasteiger partial charge in [-0.15, -0.1) is 0 Å². The molecule has 0 amide bonds. The second-order valence-electron chi connectivity index (χ2n) is 1.98. The highest BCUT2D eigenvalue weighted by molar-refractivity contribution is 5.36. The molecule has 0 spiro atoms. The largest absolute Gasteiger partial charge is 0.207 e. The van der Waals surface area contributed by atoms with Gasteiger partial charge in [-0.3, -0.25) is 0 Å². The van der Waals surface area contributed by atoms with Crippen LogP contribution in [0.15, 0.2) is 36.9 Å². The van der Waals surface area contributed by atoms with E-state index in [1.807, 2.05) is 0 Å². The number of hydrogen-bond acceptors (Lipinski definition) is 0. The zero-order valence-corrected chi connectivity index (χ0v) is 5.97. The lowest BCUT2D eigenvalue weighted by Crippen LogP contribution is -1.74. The Morgan fingerprint density at radius 3 is 2.45 bits per heavy atom. The van der Waals surface area contributed by atoms with Crippen LogP contribution < -0.4 is 0 Å². The van der Waals surface area contributed by atoms with Crippen LogP contribution in [0.5, 0.6) is 0 Å². The van der Waals surface area contributed by atoms with Crippen molar-refractivity contribution in [3.8, 4) is 11.8 Å². The molecule has 0 unspecified atom stereocenters. The monoisotopic (exact) mass is 146 g/mol. The predicted molar refractivity (Wildman–Crippen MR) is 43.5 cm³/mol. The predicted octanol–water partition coefficient (Wildman–Crippen LogP) is 2.36. The van der Waals surface area contributed by atoms with Gasteiger partial charge < -0.3 is 0 Å². The molecular formula is C10H7F. The van der Waals surface area contributed by atoms with Crippen molar-refractivity contribution in [1.29, 1.82) is 0 Å². The van der Waals surface area contributed by atoms with Crippen LogP contribution >= 0.6 is 0 Å². The fourth-order valence-corrected chi connectivity index (χ4v) is 0.668. The summed E-state index contributed by atoms with van der Waals surface area (Å²) in [5.74, 6) is 5.22. The van der Waals surface area contributed by atoms with Crippen LogP contribution in [-0.2, 0) is 0 Å². The summed E-state index contributed by atoms with van der Waals surface area (Å²) in [6.07, 6.45) is 1.50. The van der Waals surface area contributed by atoms with E-state index in [2.05, 4.69) is 18.4 Å². The SMILES string of the molecule is C=CC#Cc1ccc(F)cc1. The second-order valence-corrected chi connectivity index (χ2v) is 1.98. The lowest BCUT2D eigenvalue weighted by atomic mass is 10.2. The summed E-state index contributed by atoms with van der Waals surface area (Å²) < 4.78 is 12.3. The summed E-state index contributed by atoms with van der Waals surface area (Å²) in [4.78, 5) is 0. The molecule has 0 aliphatic heterocycles. The molecule has 0 bridgehead atoms. The highest BCUT2D eigenvalue weighted by atomic mass is 19.1. The van der Waals surface area contributed by atoms with Crippen molar-refractivity contribution in [2.75, 3.05) is 0 Å². The summed E-state index contributed by atoms with van der Waals surface area (Å²) in [7, 11) is 0. The molecular weight excluding hydrogens is 139 g/mol. The normalized spacial score (nSPS) is 8.09. The molecule has 1 heteroatoms. The third kappa shape index (κ3) is 2.27. The summed E-state index contributed by atoms with van der Waals surface area (Å²) in [6.45, 7) is 3.45. The lowest BCUT2D eigenvalue weighted by Gasteiger charge is -1.87. The highest BCUT2D eigenvalue weighted by Gasteiger charge is 1.86. The highest BCUT2D eigenvalue weighted by Crippen LogP contribution is 2.00. The molecule has 0 fully saturated rings. The molecule has 0 N–H and O–H groups in total. The molecule has 1 rings (SSSR count). The molecule has 54 valence electrons. The third-order valence-electron chi connectivity index (χ3n) is 1.16. The van der Waals surface area contributed by atoms with E-state index in [9.17, 15) is 4.39 Å². The third-order valence-corrected chi connectivity index (χ3v) is 1.16. The Balaban J connectivity index is 2.90. The van der Waals surface area contributed by atoms with Crippen LogP contribution in [0.3, 0.4) is 0 Å². The Bertz CT molecular complexity index is 298. The van der Waals surface area contributed by atoms with Crippen LogP contribution in [0.25, 0.3) is 0 Å². The van der Waals surface area contributed by atoms with Crippen LogP contribution in [0.2, 0.25) is 0 Å². The van der Waals surface area contributed by atoms with Gasteiger partial charge in [-0.2, -0.15) is 0 Å². The molecule has 0 saturated heterocycles. The van der Waals surface area contributed by atoms with Gasteiger partial charge in [0, 0.05) is 5.56 Å². The first kappa shape index (κ1) is 7.56. The topological polar surface area (TPSA) is 0 Å². The van der Waals surface area contributed by atoms with E-state index in [1.165, 1.54) is 18.2 Å². The first-order valence-electron chi connectivity index (χ1n) is 3.21. The molecule has 0 aliphatic carbocycles. The van der Waals surface area contributed by atoms with Crippen molar-refractivity contribution < 1.29 is 4.39 Å². The first-order valence-corrected chi connectivity index (χ1v) is 3.21. The Morgan fingerprint density at radius 1 is 1.27 bits per heavy atom. The molecule has 0 saturated carbocycles. The minimum atomic E-state index is -0.242. The van der Waals surface area contributed by atoms with Crippen molar-refractivity contribution in [1.82, 2.24) is 0 Å². The maximum absolute atomic E-state index is 12.3. The summed E-state index contributed by atoms with van der Waals surface area (Å²) in [6, 6.07) is 6.03. The maximum atomic E-state index is 12.3. The second kappa shape index (κ2) is 3.58. The van der Waals surface area contributed by atoms with Crippen molar-refractivity contribution in [3.05, 3.63) is 48.3 Å². The molecule has 0 heterocycles. The minimum Gasteiger partial charge on any atom is -0.207 e. The van der Waals surface area contributed by atoms with Gasteiger partial charge in [0.05, 0.1) is 0 Å². The fraction of sp³-hybridized carbons (Fsp3) is 0. The minimum absolute atomic E-state index is 0.242. The quantitative estimate of drug-likeness (QED) is 0.493. The van der Waals surface area contributed by atoms with Gasteiger partial charge in [0.25, 0.3) is 0 Å². The Morgan fingerprint density at radius 2 is 1.91 bits per heavy atom. The molecule has 0 nitrogen and oxygen atoms in total. The smallest absolute Gasteiger partial charge is 0.123 e. The van der Waals surface area contributed by atoms with Gasteiger partial charge in [-0.1, -0.05) is 18.4 Å². The first-order chi connectivity index (χ1) is 5.33. The van der Waals surface area contributed by atoms with Gasteiger partial charge in [0.1, 0.15) is 5.82 Å².